The number of carbonyl (C=O) groups excluding carboxylic acids is 1. The van der Waals surface area contributed by atoms with Crippen molar-refractivity contribution in [3.8, 4) is 5.75 Å². The molecule has 0 aliphatic carbocycles. The molecule has 1 aliphatic heterocycles. The molecule has 0 saturated carbocycles. The number of ketones is 1. The van der Waals surface area contributed by atoms with E-state index in [1.165, 1.54) is 11.2 Å². The lowest BCUT2D eigenvalue weighted by atomic mass is 10.1. The van der Waals surface area contributed by atoms with E-state index >= 15 is 0 Å². The Kier molecular flexibility index (Phi) is 7.71. The van der Waals surface area contributed by atoms with Gasteiger partial charge in [0.2, 0.25) is 10.0 Å². The Balaban J connectivity index is 1.51. The van der Waals surface area contributed by atoms with Crippen molar-refractivity contribution in [3.63, 3.8) is 0 Å². The maximum Gasteiger partial charge on any atom is 0.243 e. The van der Waals surface area contributed by atoms with Crippen LogP contribution in [0.1, 0.15) is 34.0 Å². The highest BCUT2D eigenvalue weighted by Crippen LogP contribution is 2.26. The molecule has 32 heavy (non-hydrogen) atoms. The molecule has 1 atom stereocenters. The topological polar surface area (TPSA) is 87.2 Å². The molecule has 1 fully saturated rings. The molecule has 0 unspecified atom stereocenters. The van der Waals surface area contributed by atoms with Gasteiger partial charge in [0.05, 0.1) is 4.90 Å². The fraction of sp³-hybridized carbons (Fsp3) is 0.458. The van der Waals surface area contributed by atoms with E-state index < -0.39 is 16.1 Å². The quantitative estimate of drug-likeness (QED) is 0.610. The second-order valence-corrected chi connectivity index (χ2v) is 10.4. The number of hydrogen-bond acceptors (Lipinski definition) is 6. The van der Waals surface area contributed by atoms with E-state index in [-0.39, 0.29) is 12.4 Å². The summed E-state index contributed by atoms with van der Waals surface area (Å²) in [7, 11) is -3.55. The number of rotatable bonds is 8. The molecule has 0 radical (unpaired) electrons. The van der Waals surface area contributed by atoms with E-state index in [0.717, 1.165) is 16.7 Å². The van der Waals surface area contributed by atoms with Gasteiger partial charge in [0.25, 0.3) is 0 Å². The summed E-state index contributed by atoms with van der Waals surface area (Å²) in [5.41, 5.74) is 3.21. The second-order valence-electron chi connectivity index (χ2n) is 8.48. The zero-order valence-electron chi connectivity index (χ0n) is 19.2. The van der Waals surface area contributed by atoms with Crippen molar-refractivity contribution < 1.29 is 23.1 Å². The minimum absolute atomic E-state index is 0.00885. The van der Waals surface area contributed by atoms with Crippen LogP contribution in [-0.2, 0) is 10.0 Å². The Morgan fingerprint density at radius 2 is 1.59 bits per heavy atom. The summed E-state index contributed by atoms with van der Waals surface area (Å²) in [6, 6.07) is 10.6. The first kappa shape index (κ1) is 24.4. The predicted molar refractivity (Wildman–Crippen MR) is 124 cm³/mol. The molecule has 2 aromatic rings. The number of ether oxygens (including phenoxy) is 1. The molecule has 3 rings (SSSR count). The van der Waals surface area contributed by atoms with Crippen LogP contribution in [0.2, 0.25) is 0 Å². The fourth-order valence-corrected chi connectivity index (χ4v) is 6.02. The maximum atomic E-state index is 13.2. The molecule has 1 N–H and O–H groups in total. The minimum Gasteiger partial charge on any atom is -0.491 e. The average Bonchev–Trinajstić information content (AvgIpc) is 2.72. The molecule has 2 aromatic carbocycles. The van der Waals surface area contributed by atoms with Crippen molar-refractivity contribution in [2.45, 2.75) is 38.7 Å². The largest absolute Gasteiger partial charge is 0.491 e. The van der Waals surface area contributed by atoms with Gasteiger partial charge in [0.1, 0.15) is 18.5 Å². The second kappa shape index (κ2) is 10.1. The molecule has 1 saturated heterocycles. The van der Waals surface area contributed by atoms with Crippen LogP contribution in [0.3, 0.4) is 0 Å². The first-order valence-electron chi connectivity index (χ1n) is 10.8. The van der Waals surface area contributed by atoms with E-state index in [1.807, 2.05) is 37.8 Å². The number of hydrogen-bond donors (Lipinski definition) is 1. The number of carbonyl (C=O) groups is 1. The number of aliphatic hydroxyl groups excluding tert-OH is 1. The molecule has 7 nitrogen and oxygen atoms in total. The molecule has 174 valence electrons. The van der Waals surface area contributed by atoms with Gasteiger partial charge in [-0.05, 0) is 63.1 Å². The van der Waals surface area contributed by atoms with Gasteiger partial charge in [-0.25, -0.2) is 8.42 Å². The number of aryl methyl sites for hydroxylation is 3. The highest BCUT2D eigenvalue weighted by molar-refractivity contribution is 7.89. The number of benzene rings is 2. The van der Waals surface area contributed by atoms with Gasteiger partial charge in [0.15, 0.2) is 5.78 Å². The molecule has 8 heteroatoms. The van der Waals surface area contributed by atoms with Gasteiger partial charge in [-0.3, -0.25) is 9.69 Å². The molecule has 0 amide bonds. The fourth-order valence-electron chi connectivity index (χ4n) is 4.18. The summed E-state index contributed by atoms with van der Waals surface area (Å²) in [6.07, 6.45) is -0.702. The first-order valence-corrected chi connectivity index (χ1v) is 12.2. The number of aliphatic hydroxyl groups is 1. The zero-order valence-corrected chi connectivity index (χ0v) is 20.0. The van der Waals surface area contributed by atoms with E-state index in [4.69, 9.17) is 4.74 Å². The molecule has 0 spiro atoms. The van der Waals surface area contributed by atoms with Crippen LogP contribution in [0, 0.1) is 20.8 Å². The van der Waals surface area contributed by atoms with Crippen LogP contribution in [0.4, 0.5) is 0 Å². The monoisotopic (exact) mass is 460 g/mol. The average molecular weight is 461 g/mol. The van der Waals surface area contributed by atoms with E-state index in [0.29, 0.717) is 48.9 Å². The Labute approximate surface area is 190 Å². The van der Waals surface area contributed by atoms with Crippen LogP contribution in [0.5, 0.6) is 5.75 Å². The van der Waals surface area contributed by atoms with Gasteiger partial charge < -0.3 is 9.84 Å². The molecule has 1 heterocycles. The van der Waals surface area contributed by atoms with Crippen molar-refractivity contribution in [2.24, 2.45) is 0 Å². The Bertz CT molecular complexity index is 1040. The third kappa shape index (κ3) is 5.75. The van der Waals surface area contributed by atoms with Crippen LogP contribution in [0.15, 0.2) is 41.3 Å². The van der Waals surface area contributed by atoms with Crippen LogP contribution in [0.25, 0.3) is 0 Å². The summed E-state index contributed by atoms with van der Waals surface area (Å²) in [4.78, 5) is 13.8. The SMILES string of the molecule is CC(=O)c1ccc(OC[C@H](O)CN2CCN(S(=O)(=O)c3c(C)cc(C)cc3C)CC2)cc1. The predicted octanol–water partition coefficient (Wildman–Crippen LogP) is 2.56. The van der Waals surface area contributed by atoms with Gasteiger partial charge in [-0.1, -0.05) is 17.7 Å². The first-order chi connectivity index (χ1) is 15.1. The van der Waals surface area contributed by atoms with Gasteiger partial charge in [0, 0.05) is 38.3 Å². The van der Waals surface area contributed by atoms with Crippen molar-refractivity contribution in [1.29, 1.82) is 0 Å². The molecule has 0 aromatic heterocycles. The summed E-state index contributed by atoms with van der Waals surface area (Å²) in [5.74, 6) is 0.583. The summed E-state index contributed by atoms with van der Waals surface area (Å²) >= 11 is 0. The third-order valence-electron chi connectivity index (χ3n) is 5.71. The Morgan fingerprint density at radius 3 is 2.12 bits per heavy atom. The van der Waals surface area contributed by atoms with Crippen LogP contribution < -0.4 is 4.74 Å². The van der Waals surface area contributed by atoms with E-state index in [9.17, 15) is 18.3 Å². The number of Topliss-reactive ketones (excluding diaryl/α,β-unsaturated/α-hetero) is 1. The van der Waals surface area contributed by atoms with Crippen LogP contribution in [-0.4, -0.2) is 73.9 Å². The van der Waals surface area contributed by atoms with Crippen molar-refractivity contribution >= 4 is 15.8 Å². The zero-order chi connectivity index (χ0) is 23.5. The molecule has 1 aliphatic rings. The van der Waals surface area contributed by atoms with Gasteiger partial charge >= 0.3 is 0 Å². The van der Waals surface area contributed by atoms with Crippen molar-refractivity contribution in [2.75, 3.05) is 39.3 Å². The van der Waals surface area contributed by atoms with Gasteiger partial charge in [-0.15, -0.1) is 0 Å². The Morgan fingerprint density at radius 1 is 1.03 bits per heavy atom. The lowest BCUT2D eigenvalue weighted by molar-refractivity contribution is 0.0569. The molecule has 0 bridgehead atoms. The molecular formula is C24H32N2O5S. The van der Waals surface area contributed by atoms with Crippen molar-refractivity contribution in [1.82, 2.24) is 9.21 Å². The van der Waals surface area contributed by atoms with Crippen LogP contribution >= 0.6 is 0 Å². The van der Waals surface area contributed by atoms with E-state index in [1.54, 1.807) is 24.3 Å². The third-order valence-corrected chi connectivity index (χ3v) is 7.91. The number of nitrogens with zero attached hydrogens (tertiary/aromatic N) is 2. The molecular weight excluding hydrogens is 428 g/mol. The number of sulfonamides is 1. The highest BCUT2D eigenvalue weighted by atomic mass is 32.2. The highest BCUT2D eigenvalue weighted by Gasteiger charge is 2.31. The van der Waals surface area contributed by atoms with E-state index in [2.05, 4.69) is 0 Å². The Hall–Kier alpha value is -2.26. The smallest absolute Gasteiger partial charge is 0.243 e. The lowest BCUT2D eigenvalue weighted by Gasteiger charge is -2.35. The number of β-amino-alcohol motifs (C(OH)–C–C–N with tert-alkyl or cyclic N) is 1. The standard InChI is InChI=1S/C24H32N2O5S/c1-17-13-18(2)24(19(3)14-17)32(29,30)26-11-9-25(10-12-26)15-22(28)16-31-23-7-5-21(6-8-23)20(4)27/h5-8,13-14,22,28H,9-12,15-16H2,1-4H3/t22-/m1/s1. The lowest BCUT2D eigenvalue weighted by Crippen LogP contribution is -2.51. The summed E-state index contributed by atoms with van der Waals surface area (Å²) in [5, 5.41) is 10.4. The summed E-state index contributed by atoms with van der Waals surface area (Å²) < 4.78 is 33.6. The summed E-state index contributed by atoms with van der Waals surface area (Å²) in [6.45, 7) is 9.55. The maximum absolute atomic E-state index is 13.2. The van der Waals surface area contributed by atoms with Crippen molar-refractivity contribution in [3.05, 3.63) is 58.7 Å². The minimum atomic E-state index is -3.55. The normalized spacial score (nSPS) is 16.7. The van der Waals surface area contributed by atoms with Gasteiger partial charge in [-0.2, -0.15) is 4.31 Å². The number of piperazine rings is 1.